The van der Waals surface area contributed by atoms with Crippen molar-refractivity contribution in [2.75, 3.05) is 21.2 Å². The molecule has 0 spiro atoms. The van der Waals surface area contributed by atoms with Crippen molar-refractivity contribution in [1.82, 2.24) is 4.90 Å². The molecule has 0 heterocycles. The van der Waals surface area contributed by atoms with E-state index in [0.29, 0.717) is 6.42 Å². The highest BCUT2D eigenvalue weighted by atomic mass is 16.5. The first-order chi connectivity index (χ1) is 8.63. The molecule has 0 radical (unpaired) electrons. The summed E-state index contributed by atoms with van der Waals surface area (Å²) in [6.45, 7) is 2.14. The summed E-state index contributed by atoms with van der Waals surface area (Å²) in [5, 5.41) is 8.77. The Morgan fingerprint density at radius 1 is 1.39 bits per heavy atom. The smallest absolute Gasteiger partial charge is 0.123 e. The van der Waals surface area contributed by atoms with Gasteiger partial charge in [0.1, 0.15) is 5.75 Å². The summed E-state index contributed by atoms with van der Waals surface area (Å²) in [4.78, 5) is 2.15. The number of aryl methyl sites for hydroxylation is 1. The first-order valence-corrected chi connectivity index (χ1v) is 6.34. The number of hydrogen-bond donors (Lipinski definition) is 0. The molecule has 0 aliphatic heterocycles. The van der Waals surface area contributed by atoms with Crippen molar-refractivity contribution in [3.63, 3.8) is 0 Å². The van der Waals surface area contributed by atoms with E-state index >= 15 is 0 Å². The van der Waals surface area contributed by atoms with Gasteiger partial charge in [0.15, 0.2) is 0 Å². The Balaban J connectivity index is 3.12. The number of nitriles is 1. The zero-order valence-electron chi connectivity index (χ0n) is 11.7. The Labute approximate surface area is 110 Å². The maximum Gasteiger partial charge on any atom is 0.123 e. The lowest BCUT2D eigenvalue weighted by Gasteiger charge is -2.26. The molecule has 18 heavy (non-hydrogen) atoms. The molecule has 0 aliphatic rings. The lowest BCUT2D eigenvalue weighted by Crippen LogP contribution is -2.20. The van der Waals surface area contributed by atoms with Gasteiger partial charge in [0.25, 0.3) is 0 Å². The normalized spacial score (nSPS) is 12.2. The van der Waals surface area contributed by atoms with Gasteiger partial charge in [-0.15, -0.1) is 0 Å². The minimum atomic E-state index is 0.228. The second-order valence-corrected chi connectivity index (χ2v) is 4.61. The van der Waals surface area contributed by atoms with E-state index < -0.39 is 0 Å². The molecular weight excluding hydrogens is 224 g/mol. The largest absolute Gasteiger partial charge is 0.496 e. The minimum Gasteiger partial charge on any atom is -0.496 e. The van der Waals surface area contributed by atoms with Gasteiger partial charge in [-0.1, -0.05) is 19.1 Å². The third-order valence-corrected chi connectivity index (χ3v) is 3.21. The van der Waals surface area contributed by atoms with Crippen molar-refractivity contribution in [3.05, 3.63) is 29.3 Å². The van der Waals surface area contributed by atoms with Crippen molar-refractivity contribution in [2.45, 2.75) is 32.2 Å². The van der Waals surface area contributed by atoms with Crippen molar-refractivity contribution >= 4 is 0 Å². The molecule has 0 bridgehead atoms. The lowest BCUT2D eigenvalue weighted by atomic mass is 9.97. The number of methoxy groups -OCH3 is 1. The molecular formula is C15H22N2O. The highest BCUT2D eigenvalue weighted by Gasteiger charge is 2.18. The Hall–Kier alpha value is -1.53. The van der Waals surface area contributed by atoms with Gasteiger partial charge in [0.05, 0.1) is 13.2 Å². The van der Waals surface area contributed by atoms with Crippen LogP contribution in [0.2, 0.25) is 0 Å². The second kappa shape index (κ2) is 7.03. The summed E-state index contributed by atoms with van der Waals surface area (Å²) in [5.74, 6) is 0.906. The van der Waals surface area contributed by atoms with Gasteiger partial charge in [0, 0.05) is 18.0 Å². The SMILES string of the molecule is CCc1ccc(OC)c(C(CCC#N)N(C)C)c1. The number of ether oxygens (including phenoxy) is 1. The quantitative estimate of drug-likeness (QED) is 0.773. The third-order valence-electron chi connectivity index (χ3n) is 3.21. The van der Waals surface area contributed by atoms with E-state index in [9.17, 15) is 0 Å². The van der Waals surface area contributed by atoms with E-state index in [-0.39, 0.29) is 6.04 Å². The molecule has 1 atom stereocenters. The van der Waals surface area contributed by atoms with Crippen molar-refractivity contribution in [2.24, 2.45) is 0 Å². The van der Waals surface area contributed by atoms with Crippen LogP contribution in [0, 0.1) is 11.3 Å². The first kappa shape index (κ1) is 14.5. The molecule has 1 unspecified atom stereocenters. The summed E-state index contributed by atoms with van der Waals surface area (Å²) in [6.07, 6.45) is 2.39. The molecule has 3 nitrogen and oxygen atoms in total. The summed E-state index contributed by atoms with van der Waals surface area (Å²) in [6, 6.07) is 8.77. The van der Waals surface area contributed by atoms with Gasteiger partial charge in [0.2, 0.25) is 0 Å². The molecule has 98 valence electrons. The van der Waals surface area contributed by atoms with Gasteiger partial charge < -0.3 is 9.64 Å². The van der Waals surface area contributed by atoms with E-state index in [2.05, 4.69) is 30.0 Å². The predicted octanol–water partition coefficient (Wildman–Crippen LogP) is 3.16. The maximum absolute atomic E-state index is 8.77. The number of benzene rings is 1. The first-order valence-electron chi connectivity index (χ1n) is 6.34. The fourth-order valence-electron chi connectivity index (χ4n) is 2.16. The highest BCUT2D eigenvalue weighted by molar-refractivity contribution is 5.39. The van der Waals surface area contributed by atoms with E-state index in [4.69, 9.17) is 10.00 Å². The second-order valence-electron chi connectivity index (χ2n) is 4.61. The molecule has 0 saturated carbocycles. The van der Waals surface area contributed by atoms with Crippen LogP contribution in [0.3, 0.4) is 0 Å². The van der Waals surface area contributed by atoms with Crippen molar-refractivity contribution < 1.29 is 4.74 Å². The van der Waals surface area contributed by atoms with Crippen LogP contribution >= 0.6 is 0 Å². The van der Waals surface area contributed by atoms with Gasteiger partial charge in [-0.25, -0.2) is 0 Å². The number of nitrogens with zero attached hydrogens (tertiary/aromatic N) is 2. The molecule has 3 heteroatoms. The summed E-state index contributed by atoms with van der Waals surface area (Å²) in [7, 11) is 5.78. The number of hydrogen-bond acceptors (Lipinski definition) is 3. The molecule has 0 aliphatic carbocycles. The lowest BCUT2D eigenvalue weighted by molar-refractivity contribution is 0.276. The van der Waals surface area contributed by atoms with Crippen LogP contribution in [-0.4, -0.2) is 26.1 Å². The van der Waals surface area contributed by atoms with Crippen LogP contribution in [0.15, 0.2) is 18.2 Å². The molecule has 1 aromatic rings. The van der Waals surface area contributed by atoms with Crippen molar-refractivity contribution in [3.8, 4) is 11.8 Å². The Morgan fingerprint density at radius 2 is 2.11 bits per heavy atom. The molecule has 0 aromatic heterocycles. The van der Waals surface area contributed by atoms with Crippen molar-refractivity contribution in [1.29, 1.82) is 5.26 Å². The summed E-state index contributed by atoms with van der Waals surface area (Å²) < 4.78 is 5.45. The summed E-state index contributed by atoms with van der Waals surface area (Å²) in [5.41, 5.74) is 2.48. The monoisotopic (exact) mass is 246 g/mol. The fraction of sp³-hybridized carbons (Fsp3) is 0.533. The zero-order valence-corrected chi connectivity index (χ0v) is 11.7. The Morgan fingerprint density at radius 3 is 2.61 bits per heavy atom. The van der Waals surface area contributed by atoms with Gasteiger partial charge in [-0.3, -0.25) is 0 Å². The molecule has 0 N–H and O–H groups in total. The average molecular weight is 246 g/mol. The molecule has 1 aromatic carbocycles. The number of rotatable bonds is 6. The molecule has 0 saturated heterocycles. The van der Waals surface area contributed by atoms with E-state index in [1.165, 1.54) is 11.1 Å². The highest BCUT2D eigenvalue weighted by Crippen LogP contribution is 2.32. The molecule has 1 rings (SSSR count). The van der Waals surface area contributed by atoms with Crippen LogP contribution in [0.5, 0.6) is 5.75 Å². The maximum atomic E-state index is 8.77. The zero-order chi connectivity index (χ0) is 13.5. The summed E-state index contributed by atoms with van der Waals surface area (Å²) >= 11 is 0. The van der Waals surface area contributed by atoms with Gasteiger partial charge >= 0.3 is 0 Å². The minimum absolute atomic E-state index is 0.228. The van der Waals surface area contributed by atoms with E-state index in [1.54, 1.807) is 7.11 Å². The topological polar surface area (TPSA) is 36.3 Å². The fourth-order valence-corrected chi connectivity index (χ4v) is 2.16. The Bertz CT molecular complexity index is 421. The van der Waals surface area contributed by atoms with Crippen LogP contribution < -0.4 is 4.74 Å². The average Bonchev–Trinajstić information content (AvgIpc) is 2.38. The standard InChI is InChI=1S/C15H22N2O/c1-5-12-8-9-15(18-4)13(11-12)14(17(2)3)7-6-10-16/h8-9,11,14H,5-7H2,1-4H3. The predicted molar refractivity (Wildman–Crippen MR) is 73.6 cm³/mol. The van der Waals surface area contributed by atoms with Crippen LogP contribution in [-0.2, 0) is 6.42 Å². The Kier molecular flexibility index (Phi) is 5.67. The van der Waals surface area contributed by atoms with Crippen LogP contribution in [0.25, 0.3) is 0 Å². The third kappa shape index (κ3) is 3.48. The van der Waals surface area contributed by atoms with E-state index in [0.717, 1.165) is 18.6 Å². The molecule has 0 amide bonds. The van der Waals surface area contributed by atoms with E-state index in [1.807, 2.05) is 20.2 Å². The van der Waals surface area contributed by atoms with Crippen LogP contribution in [0.1, 0.15) is 36.9 Å². The van der Waals surface area contributed by atoms with Gasteiger partial charge in [-0.05, 0) is 38.6 Å². The van der Waals surface area contributed by atoms with Gasteiger partial charge in [-0.2, -0.15) is 5.26 Å². The van der Waals surface area contributed by atoms with Crippen LogP contribution in [0.4, 0.5) is 0 Å². The molecule has 0 fully saturated rings.